The number of fused-ring (bicyclic) bond motifs is 1. The molecule has 0 radical (unpaired) electrons. The monoisotopic (exact) mass is 483 g/mol. The van der Waals surface area contributed by atoms with Gasteiger partial charge in [0.05, 0.1) is 11.9 Å². The average Bonchev–Trinajstić information content (AvgIpc) is 3.51. The number of aromatic nitrogens is 8. The Morgan fingerprint density at radius 1 is 1.06 bits per heavy atom. The van der Waals surface area contributed by atoms with E-state index in [4.69, 9.17) is 9.72 Å². The van der Waals surface area contributed by atoms with E-state index in [0.717, 1.165) is 16.8 Å². The molecule has 0 aliphatic rings. The fraction of sp³-hybridized carbons (Fsp3) is 0.227. The van der Waals surface area contributed by atoms with Crippen molar-refractivity contribution in [3.63, 3.8) is 0 Å². The SMILES string of the molecule is Cc1c(-c2ccn(C)n2)cn2nc(-c3nccn3C)nc(Nc3ccc(OCC(F)(F)F)cn3)c12. The van der Waals surface area contributed by atoms with Gasteiger partial charge in [0, 0.05) is 44.4 Å². The van der Waals surface area contributed by atoms with Crippen LogP contribution >= 0.6 is 0 Å². The molecule has 0 unspecified atom stereocenters. The molecule has 0 atom stereocenters. The van der Waals surface area contributed by atoms with E-state index in [9.17, 15) is 13.2 Å². The molecule has 35 heavy (non-hydrogen) atoms. The van der Waals surface area contributed by atoms with Crippen molar-refractivity contribution >= 4 is 17.2 Å². The van der Waals surface area contributed by atoms with Crippen LogP contribution in [0.4, 0.5) is 24.8 Å². The van der Waals surface area contributed by atoms with Crippen molar-refractivity contribution in [3.05, 3.63) is 54.7 Å². The van der Waals surface area contributed by atoms with E-state index in [1.165, 1.54) is 18.3 Å². The van der Waals surface area contributed by atoms with Gasteiger partial charge < -0.3 is 14.6 Å². The Kier molecular flexibility index (Phi) is 5.38. The number of hydrogen-bond acceptors (Lipinski definition) is 7. The Morgan fingerprint density at radius 2 is 1.89 bits per heavy atom. The topological polar surface area (TPSA) is 100.0 Å². The van der Waals surface area contributed by atoms with Gasteiger partial charge in [0.25, 0.3) is 0 Å². The highest BCUT2D eigenvalue weighted by atomic mass is 19.4. The highest BCUT2D eigenvalue weighted by Gasteiger charge is 2.28. The Bertz CT molecular complexity index is 1500. The molecule has 0 aliphatic carbocycles. The van der Waals surface area contributed by atoms with Crippen molar-refractivity contribution in [2.45, 2.75) is 13.1 Å². The molecule has 5 aromatic rings. The molecule has 5 rings (SSSR count). The van der Waals surface area contributed by atoms with E-state index in [-0.39, 0.29) is 5.75 Å². The van der Waals surface area contributed by atoms with E-state index in [2.05, 4.69) is 25.5 Å². The van der Waals surface area contributed by atoms with Gasteiger partial charge in [-0.2, -0.15) is 18.3 Å². The first-order valence-corrected chi connectivity index (χ1v) is 10.5. The predicted octanol–water partition coefficient (Wildman–Crippen LogP) is 3.92. The predicted molar refractivity (Wildman–Crippen MR) is 121 cm³/mol. The standard InChI is InChI=1S/C22H20F3N9O/c1-13-15(16-6-8-33(3)30-16)11-34-18(13)19(29-20(31-34)21-26-7-9-32(21)2)28-17-5-4-14(10-27-17)35-12-22(23,24)25/h4-11H,12H2,1-3H3,(H,27,28,29,31). The number of nitrogens with zero attached hydrogens (tertiary/aromatic N) is 8. The van der Waals surface area contributed by atoms with Gasteiger partial charge in [0.15, 0.2) is 18.2 Å². The number of hydrogen-bond donors (Lipinski definition) is 1. The second-order valence-corrected chi connectivity index (χ2v) is 7.89. The molecule has 0 aromatic carbocycles. The Balaban J connectivity index is 1.56. The Hall–Kier alpha value is -4.42. The number of ether oxygens (including phenoxy) is 1. The maximum atomic E-state index is 12.4. The third kappa shape index (κ3) is 4.52. The summed E-state index contributed by atoms with van der Waals surface area (Å²) >= 11 is 0. The van der Waals surface area contributed by atoms with E-state index in [1.807, 2.05) is 39.5 Å². The molecule has 0 spiro atoms. The van der Waals surface area contributed by atoms with Gasteiger partial charge in [-0.05, 0) is 30.7 Å². The molecule has 0 bridgehead atoms. The Morgan fingerprint density at radius 3 is 2.51 bits per heavy atom. The second kappa shape index (κ2) is 8.42. The van der Waals surface area contributed by atoms with Crippen LogP contribution in [-0.4, -0.2) is 51.7 Å². The summed E-state index contributed by atoms with van der Waals surface area (Å²) < 4.78 is 47.2. The first kappa shape index (κ1) is 22.4. The molecule has 5 aromatic heterocycles. The number of pyridine rings is 1. The molecular formula is C22H20F3N9O. The summed E-state index contributed by atoms with van der Waals surface area (Å²) in [4.78, 5) is 13.2. The van der Waals surface area contributed by atoms with Crippen molar-refractivity contribution in [1.29, 1.82) is 0 Å². The lowest BCUT2D eigenvalue weighted by Gasteiger charge is -2.11. The first-order valence-electron chi connectivity index (χ1n) is 10.5. The van der Waals surface area contributed by atoms with E-state index in [0.29, 0.717) is 28.8 Å². The molecule has 0 aliphatic heterocycles. The van der Waals surface area contributed by atoms with Crippen LogP contribution in [0.1, 0.15) is 5.56 Å². The van der Waals surface area contributed by atoms with Gasteiger partial charge in [-0.1, -0.05) is 0 Å². The minimum atomic E-state index is -4.43. The summed E-state index contributed by atoms with van der Waals surface area (Å²) in [7, 11) is 3.68. The lowest BCUT2D eigenvalue weighted by atomic mass is 10.1. The highest BCUT2D eigenvalue weighted by Crippen LogP contribution is 2.32. The van der Waals surface area contributed by atoms with Crippen LogP contribution in [0, 0.1) is 6.92 Å². The lowest BCUT2D eigenvalue weighted by Crippen LogP contribution is -2.19. The van der Waals surface area contributed by atoms with Crippen molar-refractivity contribution in [3.8, 4) is 28.7 Å². The summed E-state index contributed by atoms with van der Waals surface area (Å²) in [5, 5.41) is 12.3. The zero-order valence-electron chi connectivity index (χ0n) is 18.9. The number of alkyl halides is 3. The minimum Gasteiger partial charge on any atom is -0.483 e. The molecule has 0 fully saturated rings. The fourth-order valence-electron chi connectivity index (χ4n) is 3.64. The van der Waals surface area contributed by atoms with Gasteiger partial charge in [0.2, 0.25) is 5.82 Å². The van der Waals surface area contributed by atoms with Crippen molar-refractivity contribution in [1.82, 2.24) is 38.9 Å². The molecule has 180 valence electrons. The number of nitrogens with one attached hydrogen (secondary N) is 1. The second-order valence-electron chi connectivity index (χ2n) is 7.89. The van der Waals surface area contributed by atoms with Crippen LogP contribution in [0.5, 0.6) is 5.75 Å². The number of anilines is 2. The quantitative estimate of drug-likeness (QED) is 0.391. The van der Waals surface area contributed by atoms with E-state index >= 15 is 0 Å². The number of halogens is 3. The maximum Gasteiger partial charge on any atom is 0.422 e. The minimum absolute atomic E-state index is 0.00529. The summed E-state index contributed by atoms with van der Waals surface area (Å²) in [6.45, 7) is 0.552. The maximum absolute atomic E-state index is 12.4. The molecular weight excluding hydrogens is 463 g/mol. The fourth-order valence-corrected chi connectivity index (χ4v) is 3.64. The van der Waals surface area contributed by atoms with E-state index < -0.39 is 12.8 Å². The van der Waals surface area contributed by atoms with Gasteiger partial charge in [-0.25, -0.2) is 19.5 Å². The smallest absolute Gasteiger partial charge is 0.422 e. The number of imidazole rings is 1. The van der Waals surface area contributed by atoms with Crippen LogP contribution in [0.2, 0.25) is 0 Å². The molecule has 0 amide bonds. The Labute approximate surface area is 197 Å². The van der Waals surface area contributed by atoms with Gasteiger partial charge in [-0.15, -0.1) is 5.10 Å². The zero-order chi connectivity index (χ0) is 24.7. The molecule has 10 nitrogen and oxygen atoms in total. The first-order chi connectivity index (χ1) is 16.7. The van der Waals surface area contributed by atoms with Gasteiger partial charge in [-0.3, -0.25) is 4.68 Å². The van der Waals surface area contributed by atoms with Crippen LogP contribution < -0.4 is 10.1 Å². The third-order valence-corrected chi connectivity index (χ3v) is 5.28. The molecule has 1 N–H and O–H groups in total. The largest absolute Gasteiger partial charge is 0.483 e. The summed E-state index contributed by atoms with van der Waals surface area (Å²) in [5.41, 5.74) is 3.25. The van der Waals surface area contributed by atoms with Gasteiger partial charge >= 0.3 is 6.18 Å². The molecule has 0 saturated carbocycles. The molecule has 5 heterocycles. The number of rotatable bonds is 6. The highest BCUT2D eigenvalue weighted by molar-refractivity contribution is 5.84. The summed E-state index contributed by atoms with van der Waals surface area (Å²) in [6, 6.07) is 4.83. The number of aryl methyl sites for hydroxylation is 3. The van der Waals surface area contributed by atoms with Crippen LogP contribution in [0.15, 0.2) is 49.2 Å². The average molecular weight is 483 g/mol. The normalized spacial score (nSPS) is 11.8. The van der Waals surface area contributed by atoms with Crippen LogP contribution in [-0.2, 0) is 14.1 Å². The zero-order valence-corrected chi connectivity index (χ0v) is 18.9. The molecule has 13 heteroatoms. The molecule has 0 saturated heterocycles. The van der Waals surface area contributed by atoms with Crippen molar-refractivity contribution in [2.24, 2.45) is 14.1 Å². The summed E-state index contributed by atoms with van der Waals surface area (Å²) in [5.74, 6) is 1.76. The van der Waals surface area contributed by atoms with E-state index in [1.54, 1.807) is 26.2 Å². The van der Waals surface area contributed by atoms with Crippen LogP contribution in [0.25, 0.3) is 28.4 Å². The third-order valence-electron chi connectivity index (χ3n) is 5.28. The van der Waals surface area contributed by atoms with Crippen LogP contribution in [0.3, 0.4) is 0 Å². The van der Waals surface area contributed by atoms with Gasteiger partial charge in [0.1, 0.15) is 17.1 Å². The lowest BCUT2D eigenvalue weighted by molar-refractivity contribution is -0.153. The summed E-state index contributed by atoms with van der Waals surface area (Å²) in [6.07, 6.45) is 3.95. The van der Waals surface area contributed by atoms with Crippen molar-refractivity contribution < 1.29 is 17.9 Å². The van der Waals surface area contributed by atoms with Crippen molar-refractivity contribution in [2.75, 3.05) is 11.9 Å².